The van der Waals surface area contributed by atoms with Crippen molar-refractivity contribution in [1.82, 2.24) is 0 Å². The molecule has 0 fully saturated rings. The quantitative estimate of drug-likeness (QED) is 0.759. The standard InChI is InChI=1S/C12H10BrNS/c13-12-9-5-1-2-6-10(9)15-11(12)7-3-4-8-14/h1-2,5-6H,3-4,7H2. The molecule has 3 heteroatoms. The number of benzene rings is 1. The van der Waals surface area contributed by atoms with Crippen molar-refractivity contribution in [2.75, 3.05) is 0 Å². The van der Waals surface area contributed by atoms with Crippen molar-refractivity contribution in [2.24, 2.45) is 0 Å². The van der Waals surface area contributed by atoms with Crippen molar-refractivity contribution >= 4 is 37.4 Å². The van der Waals surface area contributed by atoms with Crippen molar-refractivity contribution in [1.29, 1.82) is 5.26 Å². The molecule has 0 radical (unpaired) electrons. The molecule has 1 aromatic carbocycles. The lowest BCUT2D eigenvalue weighted by Gasteiger charge is -1.94. The molecule has 1 aromatic heterocycles. The first-order chi connectivity index (χ1) is 7.33. The van der Waals surface area contributed by atoms with E-state index in [4.69, 9.17) is 5.26 Å². The van der Waals surface area contributed by atoms with Crippen LogP contribution >= 0.6 is 27.3 Å². The average Bonchev–Trinajstić information content (AvgIpc) is 2.57. The normalized spacial score (nSPS) is 10.4. The third kappa shape index (κ3) is 2.22. The Morgan fingerprint density at radius 2 is 2.13 bits per heavy atom. The molecule has 15 heavy (non-hydrogen) atoms. The van der Waals surface area contributed by atoms with Crippen LogP contribution in [0.1, 0.15) is 17.7 Å². The minimum absolute atomic E-state index is 0.640. The molecule has 0 saturated carbocycles. The number of unbranched alkanes of at least 4 members (excludes halogenated alkanes) is 1. The molecule has 0 aliphatic heterocycles. The van der Waals surface area contributed by atoms with Crippen LogP contribution in [0.3, 0.4) is 0 Å². The second-order valence-electron chi connectivity index (χ2n) is 3.35. The first-order valence-electron chi connectivity index (χ1n) is 4.86. The van der Waals surface area contributed by atoms with E-state index in [0.717, 1.165) is 12.8 Å². The van der Waals surface area contributed by atoms with E-state index in [9.17, 15) is 0 Å². The molecule has 0 aliphatic carbocycles. The number of hydrogen-bond acceptors (Lipinski definition) is 2. The number of hydrogen-bond donors (Lipinski definition) is 0. The molecule has 0 atom stereocenters. The van der Waals surface area contributed by atoms with E-state index in [2.05, 4.69) is 46.3 Å². The smallest absolute Gasteiger partial charge is 0.0621 e. The van der Waals surface area contributed by atoms with E-state index in [1.807, 2.05) is 11.3 Å². The van der Waals surface area contributed by atoms with Gasteiger partial charge in [0.1, 0.15) is 0 Å². The van der Waals surface area contributed by atoms with E-state index in [1.54, 1.807) is 0 Å². The fourth-order valence-electron chi connectivity index (χ4n) is 1.55. The van der Waals surface area contributed by atoms with Crippen LogP contribution in [0.5, 0.6) is 0 Å². The first-order valence-corrected chi connectivity index (χ1v) is 6.46. The molecule has 0 bridgehead atoms. The second-order valence-corrected chi connectivity index (χ2v) is 5.28. The highest BCUT2D eigenvalue weighted by Gasteiger charge is 2.08. The summed E-state index contributed by atoms with van der Waals surface area (Å²) in [6.07, 6.45) is 2.58. The lowest BCUT2D eigenvalue weighted by Crippen LogP contribution is -1.80. The van der Waals surface area contributed by atoms with E-state index < -0.39 is 0 Å². The minimum Gasteiger partial charge on any atom is -0.198 e. The molecule has 2 rings (SSSR count). The van der Waals surface area contributed by atoms with Crippen LogP contribution in [-0.2, 0) is 6.42 Å². The molecular weight excluding hydrogens is 270 g/mol. The summed E-state index contributed by atoms with van der Waals surface area (Å²) in [6, 6.07) is 10.6. The summed E-state index contributed by atoms with van der Waals surface area (Å²) < 4.78 is 2.53. The SMILES string of the molecule is N#CCCCc1sc2ccccc2c1Br. The van der Waals surface area contributed by atoms with Crippen LogP contribution in [0.15, 0.2) is 28.7 Å². The molecule has 1 nitrogen and oxygen atoms in total. The number of aryl methyl sites for hydroxylation is 1. The largest absolute Gasteiger partial charge is 0.198 e. The molecule has 1 heterocycles. The fraction of sp³-hybridized carbons (Fsp3) is 0.250. The third-order valence-electron chi connectivity index (χ3n) is 2.29. The highest BCUT2D eigenvalue weighted by Crippen LogP contribution is 2.36. The van der Waals surface area contributed by atoms with E-state index in [-0.39, 0.29) is 0 Å². The van der Waals surface area contributed by atoms with Crippen molar-refractivity contribution < 1.29 is 0 Å². The Kier molecular flexibility index (Phi) is 3.40. The Bertz CT molecular complexity index is 510. The molecule has 0 amide bonds. The lowest BCUT2D eigenvalue weighted by molar-refractivity contribution is 0.861. The Labute approximate surface area is 101 Å². The van der Waals surface area contributed by atoms with Crippen LogP contribution < -0.4 is 0 Å². The molecular formula is C12H10BrNS. The van der Waals surface area contributed by atoms with Gasteiger partial charge in [0.25, 0.3) is 0 Å². The summed E-state index contributed by atoms with van der Waals surface area (Å²) in [7, 11) is 0. The maximum absolute atomic E-state index is 8.50. The van der Waals surface area contributed by atoms with Crippen molar-refractivity contribution in [3.05, 3.63) is 33.6 Å². The number of thiophene rings is 1. The van der Waals surface area contributed by atoms with Gasteiger partial charge >= 0.3 is 0 Å². The van der Waals surface area contributed by atoms with Gasteiger partial charge in [-0.15, -0.1) is 11.3 Å². The molecule has 2 aromatic rings. The monoisotopic (exact) mass is 279 g/mol. The van der Waals surface area contributed by atoms with E-state index in [0.29, 0.717) is 6.42 Å². The van der Waals surface area contributed by atoms with E-state index in [1.165, 1.54) is 19.4 Å². The first kappa shape index (κ1) is 10.7. The molecule has 0 spiro atoms. The zero-order valence-corrected chi connectivity index (χ0v) is 10.6. The number of rotatable bonds is 3. The fourth-order valence-corrected chi connectivity index (χ4v) is 3.61. The van der Waals surface area contributed by atoms with Gasteiger partial charge in [-0.05, 0) is 34.8 Å². The van der Waals surface area contributed by atoms with Crippen molar-refractivity contribution in [2.45, 2.75) is 19.3 Å². The van der Waals surface area contributed by atoms with Gasteiger partial charge in [0.15, 0.2) is 0 Å². The molecule has 0 N–H and O–H groups in total. The van der Waals surface area contributed by atoms with E-state index >= 15 is 0 Å². The summed E-state index contributed by atoms with van der Waals surface area (Å²) >= 11 is 5.45. The van der Waals surface area contributed by atoms with Crippen LogP contribution in [0.4, 0.5) is 0 Å². The number of halogens is 1. The molecule has 0 saturated heterocycles. The van der Waals surface area contributed by atoms with Crippen molar-refractivity contribution in [3.8, 4) is 6.07 Å². The molecule has 0 unspecified atom stereocenters. The highest BCUT2D eigenvalue weighted by atomic mass is 79.9. The lowest BCUT2D eigenvalue weighted by atomic mass is 10.2. The minimum atomic E-state index is 0.640. The highest BCUT2D eigenvalue weighted by molar-refractivity contribution is 9.10. The number of nitrogens with zero attached hydrogens (tertiary/aromatic N) is 1. The number of nitriles is 1. The van der Waals surface area contributed by atoms with Gasteiger partial charge in [0.05, 0.1) is 6.07 Å². The van der Waals surface area contributed by atoms with Gasteiger partial charge in [0.2, 0.25) is 0 Å². The van der Waals surface area contributed by atoms with Crippen LogP contribution in [0.2, 0.25) is 0 Å². The maximum atomic E-state index is 8.50. The summed E-state index contributed by atoms with van der Waals surface area (Å²) in [5.74, 6) is 0. The topological polar surface area (TPSA) is 23.8 Å². The predicted octanol–water partition coefficient (Wildman–Crippen LogP) is 4.51. The third-order valence-corrected chi connectivity index (χ3v) is 4.69. The average molecular weight is 280 g/mol. The van der Waals surface area contributed by atoms with Gasteiger partial charge in [0, 0.05) is 25.9 Å². The Morgan fingerprint density at radius 1 is 1.33 bits per heavy atom. The summed E-state index contributed by atoms with van der Waals surface area (Å²) in [5.41, 5.74) is 0. The Morgan fingerprint density at radius 3 is 2.87 bits per heavy atom. The Balaban J connectivity index is 2.29. The zero-order valence-electron chi connectivity index (χ0n) is 8.16. The summed E-state index contributed by atoms with van der Waals surface area (Å²) in [4.78, 5) is 1.35. The van der Waals surface area contributed by atoms with Crippen LogP contribution in [0.25, 0.3) is 10.1 Å². The second kappa shape index (κ2) is 4.78. The van der Waals surface area contributed by atoms with Gasteiger partial charge in [-0.2, -0.15) is 5.26 Å². The van der Waals surface area contributed by atoms with Gasteiger partial charge in [-0.25, -0.2) is 0 Å². The summed E-state index contributed by atoms with van der Waals surface area (Å²) in [5, 5.41) is 9.78. The molecule has 0 aliphatic rings. The molecule has 76 valence electrons. The van der Waals surface area contributed by atoms with Gasteiger partial charge < -0.3 is 0 Å². The summed E-state index contributed by atoms with van der Waals surface area (Å²) in [6.45, 7) is 0. The van der Waals surface area contributed by atoms with Crippen LogP contribution in [0, 0.1) is 11.3 Å². The Hall–Kier alpha value is -0.850. The van der Waals surface area contributed by atoms with Gasteiger partial charge in [-0.3, -0.25) is 0 Å². The maximum Gasteiger partial charge on any atom is 0.0621 e. The van der Waals surface area contributed by atoms with Crippen LogP contribution in [-0.4, -0.2) is 0 Å². The predicted molar refractivity (Wildman–Crippen MR) is 68.1 cm³/mol. The van der Waals surface area contributed by atoms with Crippen molar-refractivity contribution in [3.63, 3.8) is 0 Å². The zero-order chi connectivity index (χ0) is 10.7. The van der Waals surface area contributed by atoms with Gasteiger partial charge in [-0.1, -0.05) is 18.2 Å². The number of fused-ring (bicyclic) bond motifs is 1.